The van der Waals surface area contributed by atoms with E-state index < -0.39 is 12.0 Å². The standard InChI is InChI=1S/C15H18N2O3/c1-10-4-6-12(7-5-10)14-8-13(20-16-14)9-17(3)11(2)15(18)19/h4-8,11H,9H2,1-3H3,(H,18,19). The number of aliphatic carboxylic acids is 1. The molecule has 1 aromatic carbocycles. The first-order chi connectivity index (χ1) is 9.47. The maximum absolute atomic E-state index is 10.9. The Morgan fingerprint density at radius 1 is 1.40 bits per heavy atom. The van der Waals surface area contributed by atoms with Crippen LogP contribution in [0.5, 0.6) is 0 Å². The predicted molar refractivity (Wildman–Crippen MR) is 75.2 cm³/mol. The van der Waals surface area contributed by atoms with Gasteiger partial charge in [-0.05, 0) is 20.9 Å². The molecule has 0 aliphatic carbocycles. The molecule has 0 spiro atoms. The molecule has 0 radical (unpaired) electrons. The monoisotopic (exact) mass is 274 g/mol. The number of carboxylic acid groups (broad SMARTS) is 1. The Labute approximate surface area is 117 Å². The van der Waals surface area contributed by atoms with Crippen LogP contribution in [-0.2, 0) is 11.3 Å². The van der Waals surface area contributed by atoms with Gasteiger partial charge in [-0.25, -0.2) is 0 Å². The fraction of sp³-hybridized carbons (Fsp3) is 0.333. The SMILES string of the molecule is Cc1ccc(-c2cc(CN(C)C(C)C(=O)O)on2)cc1. The van der Waals surface area contributed by atoms with Crippen molar-refractivity contribution in [1.29, 1.82) is 0 Å². The largest absolute Gasteiger partial charge is 0.480 e. The second-order valence-electron chi connectivity index (χ2n) is 4.97. The van der Waals surface area contributed by atoms with Gasteiger partial charge in [0.25, 0.3) is 0 Å². The van der Waals surface area contributed by atoms with Crippen molar-refractivity contribution in [3.63, 3.8) is 0 Å². The van der Waals surface area contributed by atoms with Gasteiger partial charge < -0.3 is 9.63 Å². The van der Waals surface area contributed by atoms with Gasteiger partial charge in [-0.2, -0.15) is 0 Å². The van der Waals surface area contributed by atoms with E-state index in [1.807, 2.05) is 37.3 Å². The minimum Gasteiger partial charge on any atom is -0.480 e. The van der Waals surface area contributed by atoms with E-state index >= 15 is 0 Å². The van der Waals surface area contributed by atoms with Gasteiger partial charge >= 0.3 is 5.97 Å². The summed E-state index contributed by atoms with van der Waals surface area (Å²) < 4.78 is 5.27. The Morgan fingerprint density at radius 3 is 2.65 bits per heavy atom. The molecule has 20 heavy (non-hydrogen) atoms. The van der Waals surface area contributed by atoms with Crippen LogP contribution in [0.4, 0.5) is 0 Å². The first kappa shape index (κ1) is 14.3. The topological polar surface area (TPSA) is 66.6 Å². The van der Waals surface area contributed by atoms with Crippen LogP contribution in [0.3, 0.4) is 0 Å². The highest BCUT2D eigenvalue weighted by atomic mass is 16.5. The van der Waals surface area contributed by atoms with E-state index in [1.165, 1.54) is 5.56 Å². The van der Waals surface area contributed by atoms with Crippen LogP contribution in [0.2, 0.25) is 0 Å². The van der Waals surface area contributed by atoms with Gasteiger partial charge in [0, 0.05) is 11.6 Å². The van der Waals surface area contributed by atoms with Gasteiger partial charge in [-0.15, -0.1) is 0 Å². The Bertz CT molecular complexity index is 589. The molecule has 5 nitrogen and oxygen atoms in total. The number of hydrogen-bond acceptors (Lipinski definition) is 4. The molecular weight excluding hydrogens is 256 g/mol. The van der Waals surface area contributed by atoms with Crippen molar-refractivity contribution < 1.29 is 14.4 Å². The Morgan fingerprint density at radius 2 is 2.05 bits per heavy atom. The molecule has 0 amide bonds. The summed E-state index contributed by atoms with van der Waals surface area (Å²) in [6.07, 6.45) is 0. The van der Waals surface area contributed by atoms with E-state index in [0.717, 1.165) is 11.3 Å². The van der Waals surface area contributed by atoms with Crippen LogP contribution in [-0.4, -0.2) is 34.2 Å². The average Bonchev–Trinajstić information content (AvgIpc) is 2.87. The summed E-state index contributed by atoms with van der Waals surface area (Å²) in [5.74, 6) is -0.207. The molecule has 2 rings (SSSR count). The highest BCUT2D eigenvalue weighted by molar-refractivity contribution is 5.72. The fourth-order valence-corrected chi connectivity index (χ4v) is 1.82. The molecule has 1 aromatic heterocycles. The van der Waals surface area contributed by atoms with Crippen LogP contribution in [0.15, 0.2) is 34.9 Å². The lowest BCUT2D eigenvalue weighted by molar-refractivity contribution is -0.142. The maximum Gasteiger partial charge on any atom is 0.320 e. The van der Waals surface area contributed by atoms with Crippen LogP contribution in [0.25, 0.3) is 11.3 Å². The van der Waals surface area contributed by atoms with E-state index in [2.05, 4.69) is 5.16 Å². The number of nitrogens with zero attached hydrogens (tertiary/aromatic N) is 2. The smallest absolute Gasteiger partial charge is 0.320 e. The van der Waals surface area contributed by atoms with Crippen molar-refractivity contribution in [3.8, 4) is 11.3 Å². The second kappa shape index (κ2) is 5.88. The summed E-state index contributed by atoms with van der Waals surface area (Å²) in [4.78, 5) is 12.6. The molecule has 0 saturated heterocycles. The number of likely N-dealkylation sites (N-methyl/N-ethyl adjacent to an activating group) is 1. The van der Waals surface area contributed by atoms with Gasteiger partial charge in [-0.3, -0.25) is 9.69 Å². The van der Waals surface area contributed by atoms with Crippen molar-refractivity contribution >= 4 is 5.97 Å². The van der Waals surface area contributed by atoms with Crippen LogP contribution >= 0.6 is 0 Å². The minimum absolute atomic E-state index is 0.409. The van der Waals surface area contributed by atoms with E-state index in [4.69, 9.17) is 9.63 Å². The summed E-state index contributed by atoms with van der Waals surface area (Å²) in [6, 6.07) is 9.28. The molecule has 0 fully saturated rings. The zero-order valence-corrected chi connectivity index (χ0v) is 11.8. The lowest BCUT2D eigenvalue weighted by Crippen LogP contribution is -2.35. The first-order valence-electron chi connectivity index (χ1n) is 6.43. The lowest BCUT2D eigenvalue weighted by atomic mass is 10.1. The molecule has 1 unspecified atom stereocenters. The van der Waals surface area contributed by atoms with Crippen molar-refractivity contribution in [2.75, 3.05) is 7.05 Å². The normalized spacial score (nSPS) is 12.6. The maximum atomic E-state index is 10.9. The van der Waals surface area contributed by atoms with Gasteiger partial charge in [0.1, 0.15) is 11.7 Å². The third-order valence-corrected chi connectivity index (χ3v) is 3.33. The molecule has 0 saturated carbocycles. The van der Waals surface area contributed by atoms with E-state index in [9.17, 15) is 4.79 Å². The molecular formula is C15H18N2O3. The van der Waals surface area contributed by atoms with Crippen molar-refractivity contribution in [2.24, 2.45) is 0 Å². The summed E-state index contributed by atoms with van der Waals surface area (Å²) in [5.41, 5.74) is 2.93. The highest BCUT2D eigenvalue weighted by Gasteiger charge is 2.18. The Hall–Kier alpha value is -2.14. The van der Waals surface area contributed by atoms with Gasteiger partial charge in [0.15, 0.2) is 5.76 Å². The second-order valence-corrected chi connectivity index (χ2v) is 4.97. The minimum atomic E-state index is -0.856. The number of hydrogen-bond donors (Lipinski definition) is 1. The van der Waals surface area contributed by atoms with Crippen molar-refractivity contribution in [3.05, 3.63) is 41.7 Å². The highest BCUT2D eigenvalue weighted by Crippen LogP contribution is 2.20. The number of carbonyl (C=O) groups is 1. The Balaban J connectivity index is 2.09. The van der Waals surface area contributed by atoms with Gasteiger partial charge in [0.2, 0.25) is 0 Å². The van der Waals surface area contributed by atoms with Gasteiger partial charge in [-0.1, -0.05) is 35.0 Å². The number of aryl methyl sites for hydroxylation is 1. The molecule has 5 heteroatoms. The van der Waals surface area contributed by atoms with Crippen LogP contribution < -0.4 is 0 Å². The molecule has 1 heterocycles. The number of carboxylic acids is 1. The fourth-order valence-electron chi connectivity index (χ4n) is 1.82. The average molecular weight is 274 g/mol. The van der Waals surface area contributed by atoms with Crippen molar-refractivity contribution in [2.45, 2.75) is 26.4 Å². The van der Waals surface area contributed by atoms with E-state index in [-0.39, 0.29) is 0 Å². The van der Waals surface area contributed by atoms with E-state index in [1.54, 1.807) is 18.9 Å². The molecule has 2 aromatic rings. The molecule has 0 aliphatic heterocycles. The zero-order chi connectivity index (χ0) is 14.7. The zero-order valence-electron chi connectivity index (χ0n) is 11.8. The Kier molecular flexibility index (Phi) is 4.20. The molecule has 1 N–H and O–H groups in total. The third kappa shape index (κ3) is 3.24. The number of rotatable bonds is 5. The molecule has 1 atom stereocenters. The van der Waals surface area contributed by atoms with Crippen LogP contribution in [0, 0.1) is 6.92 Å². The lowest BCUT2D eigenvalue weighted by Gasteiger charge is -2.18. The molecule has 106 valence electrons. The predicted octanol–water partition coefficient (Wildman–Crippen LogP) is 2.55. The molecule has 0 aliphatic rings. The van der Waals surface area contributed by atoms with Crippen LogP contribution in [0.1, 0.15) is 18.2 Å². The van der Waals surface area contributed by atoms with Gasteiger partial charge in [0.05, 0.1) is 6.54 Å². The van der Waals surface area contributed by atoms with Crippen molar-refractivity contribution in [1.82, 2.24) is 10.1 Å². The summed E-state index contributed by atoms with van der Waals surface area (Å²) >= 11 is 0. The number of aromatic nitrogens is 1. The molecule has 0 bridgehead atoms. The quantitative estimate of drug-likeness (QED) is 0.907. The first-order valence-corrected chi connectivity index (χ1v) is 6.43. The summed E-state index contributed by atoms with van der Waals surface area (Å²) in [7, 11) is 1.74. The third-order valence-electron chi connectivity index (χ3n) is 3.33. The summed E-state index contributed by atoms with van der Waals surface area (Å²) in [5, 5.41) is 13.0. The number of benzene rings is 1. The van der Waals surface area contributed by atoms with E-state index in [0.29, 0.717) is 12.3 Å². The summed E-state index contributed by atoms with van der Waals surface area (Å²) in [6.45, 7) is 4.08.